The predicted octanol–water partition coefficient (Wildman–Crippen LogP) is 2.71. The smallest absolute Gasteiger partial charge is 0.536 e. The molecule has 1 aliphatic rings. The standard InChI is InChI=1S/C13H17BClNO2/c1-10-13(2,3)18-14(17-10)12(16-15)9-11-7-5-4-6-8-11/h4-8,12,16H,1,9H2,2-3H3/t12-/m0/s1. The van der Waals surface area contributed by atoms with E-state index in [9.17, 15) is 0 Å². The van der Waals surface area contributed by atoms with Gasteiger partial charge in [-0.3, -0.25) is 0 Å². The molecule has 1 fully saturated rings. The first-order valence-electron chi connectivity index (χ1n) is 5.97. The van der Waals surface area contributed by atoms with Gasteiger partial charge in [0.25, 0.3) is 0 Å². The van der Waals surface area contributed by atoms with Gasteiger partial charge in [-0.1, -0.05) is 36.9 Å². The van der Waals surface area contributed by atoms with Crippen molar-refractivity contribution >= 4 is 18.9 Å². The molecule has 2 rings (SSSR count). The van der Waals surface area contributed by atoms with Crippen molar-refractivity contribution in [3.05, 3.63) is 48.2 Å². The maximum atomic E-state index is 5.82. The minimum atomic E-state index is -0.465. The summed E-state index contributed by atoms with van der Waals surface area (Å²) >= 11 is 5.80. The Balaban J connectivity index is 2.05. The molecule has 0 amide bonds. The molecule has 0 saturated carbocycles. The average molecular weight is 266 g/mol. The minimum absolute atomic E-state index is 0.118. The second-order valence-electron chi connectivity index (χ2n) is 4.94. The molecule has 1 N–H and O–H groups in total. The molecule has 96 valence electrons. The van der Waals surface area contributed by atoms with Crippen molar-refractivity contribution in [1.82, 2.24) is 4.84 Å². The van der Waals surface area contributed by atoms with E-state index < -0.39 is 12.7 Å². The number of halogens is 1. The van der Waals surface area contributed by atoms with Crippen molar-refractivity contribution in [1.29, 1.82) is 0 Å². The molecule has 0 aromatic heterocycles. The average Bonchev–Trinajstić information content (AvgIpc) is 2.62. The Bertz CT molecular complexity index is 424. The van der Waals surface area contributed by atoms with Crippen LogP contribution >= 0.6 is 11.8 Å². The maximum Gasteiger partial charge on any atom is 0.545 e. The second-order valence-corrected chi connectivity index (χ2v) is 5.16. The third kappa shape index (κ3) is 2.89. The highest BCUT2D eigenvalue weighted by atomic mass is 35.5. The molecule has 1 saturated heterocycles. The largest absolute Gasteiger partial charge is 0.545 e. The summed E-state index contributed by atoms with van der Waals surface area (Å²) in [5.41, 5.74) is 0.714. The van der Waals surface area contributed by atoms with Gasteiger partial charge >= 0.3 is 7.12 Å². The summed E-state index contributed by atoms with van der Waals surface area (Å²) in [6.45, 7) is 7.73. The summed E-state index contributed by atoms with van der Waals surface area (Å²) in [4.78, 5) is 2.73. The molecule has 1 aromatic rings. The molecule has 1 aromatic carbocycles. The highest BCUT2D eigenvalue weighted by molar-refractivity contribution is 6.49. The van der Waals surface area contributed by atoms with Gasteiger partial charge < -0.3 is 9.31 Å². The zero-order valence-electron chi connectivity index (χ0n) is 10.7. The van der Waals surface area contributed by atoms with E-state index in [4.69, 9.17) is 21.1 Å². The first kappa shape index (κ1) is 13.5. The zero-order chi connectivity index (χ0) is 13.2. The Morgan fingerprint density at radius 2 is 2.06 bits per heavy atom. The van der Waals surface area contributed by atoms with Crippen LogP contribution in [0.1, 0.15) is 19.4 Å². The highest BCUT2D eigenvalue weighted by Gasteiger charge is 2.46. The lowest BCUT2D eigenvalue weighted by atomic mass is 9.76. The van der Waals surface area contributed by atoms with Crippen LogP contribution in [0.2, 0.25) is 0 Å². The Morgan fingerprint density at radius 1 is 1.39 bits per heavy atom. The molecule has 0 spiro atoms. The first-order valence-corrected chi connectivity index (χ1v) is 6.34. The fourth-order valence-corrected chi connectivity index (χ4v) is 2.06. The number of nitrogens with one attached hydrogen (secondary N) is 1. The Labute approximate surface area is 113 Å². The van der Waals surface area contributed by atoms with Crippen LogP contribution in [0, 0.1) is 0 Å². The quantitative estimate of drug-likeness (QED) is 0.671. The Kier molecular flexibility index (Phi) is 4.00. The van der Waals surface area contributed by atoms with Gasteiger partial charge in [0.15, 0.2) is 0 Å². The monoisotopic (exact) mass is 265 g/mol. The molecule has 0 bridgehead atoms. The lowest BCUT2D eigenvalue weighted by Crippen LogP contribution is -2.43. The SMILES string of the molecule is C=C1OB([C@H](Cc2ccccc2)NCl)OC1(C)C. The highest BCUT2D eigenvalue weighted by Crippen LogP contribution is 2.31. The fraction of sp³-hybridized carbons (Fsp3) is 0.385. The summed E-state index contributed by atoms with van der Waals surface area (Å²) in [7, 11) is -0.412. The lowest BCUT2D eigenvalue weighted by Gasteiger charge is -2.18. The van der Waals surface area contributed by atoms with Crippen molar-refractivity contribution < 1.29 is 9.31 Å². The summed E-state index contributed by atoms with van der Waals surface area (Å²) in [6, 6.07) is 10.1. The van der Waals surface area contributed by atoms with Gasteiger partial charge in [-0.25, -0.2) is 4.84 Å². The molecule has 0 aliphatic carbocycles. The summed E-state index contributed by atoms with van der Waals surface area (Å²) in [5, 5.41) is 0. The van der Waals surface area contributed by atoms with Crippen LogP contribution in [0.3, 0.4) is 0 Å². The van der Waals surface area contributed by atoms with Gasteiger partial charge in [-0.05, 0) is 37.6 Å². The number of hydrogen-bond donors (Lipinski definition) is 1. The minimum Gasteiger partial charge on any atom is -0.536 e. The zero-order valence-corrected chi connectivity index (χ0v) is 11.4. The van der Waals surface area contributed by atoms with Gasteiger partial charge in [0.2, 0.25) is 0 Å². The first-order chi connectivity index (χ1) is 8.53. The van der Waals surface area contributed by atoms with Gasteiger partial charge in [0.05, 0.1) is 11.7 Å². The number of rotatable bonds is 4. The lowest BCUT2D eigenvalue weighted by molar-refractivity contribution is 0.166. The molecule has 3 nitrogen and oxygen atoms in total. The normalized spacial score (nSPS) is 19.7. The molecule has 1 heterocycles. The van der Waals surface area contributed by atoms with E-state index in [-0.39, 0.29) is 5.94 Å². The molecule has 0 unspecified atom stereocenters. The fourth-order valence-electron chi connectivity index (χ4n) is 1.88. The van der Waals surface area contributed by atoms with Gasteiger partial charge in [0.1, 0.15) is 5.60 Å². The van der Waals surface area contributed by atoms with Gasteiger partial charge in [-0.2, -0.15) is 0 Å². The number of benzene rings is 1. The van der Waals surface area contributed by atoms with Gasteiger partial charge in [0, 0.05) is 0 Å². The predicted molar refractivity (Wildman–Crippen MR) is 74.1 cm³/mol. The molecule has 1 aliphatic heterocycles. The van der Waals surface area contributed by atoms with E-state index in [2.05, 4.69) is 23.5 Å². The van der Waals surface area contributed by atoms with Crippen LogP contribution in [-0.2, 0) is 15.7 Å². The Morgan fingerprint density at radius 3 is 2.56 bits per heavy atom. The molecular formula is C13H17BClNO2. The molecule has 0 radical (unpaired) electrons. The maximum absolute atomic E-state index is 5.82. The van der Waals surface area contributed by atoms with E-state index in [1.165, 1.54) is 5.56 Å². The molecule has 1 atom stereocenters. The Hall–Kier alpha value is -0.965. The van der Waals surface area contributed by atoms with E-state index in [1.807, 2.05) is 32.0 Å². The van der Waals surface area contributed by atoms with Crippen molar-refractivity contribution in [3.63, 3.8) is 0 Å². The summed E-state index contributed by atoms with van der Waals surface area (Å²) < 4.78 is 11.5. The van der Waals surface area contributed by atoms with E-state index in [0.717, 1.165) is 6.42 Å². The van der Waals surface area contributed by atoms with E-state index >= 15 is 0 Å². The third-order valence-electron chi connectivity index (χ3n) is 3.11. The van der Waals surface area contributed by atoms with Crippen LogP contribution in [0.5, 0.6) is 0 Å². The second kappa shape index (κ2) is 5.35. The van der Waals surface area contributed by atoms with Crippen molar-refractivity contribution in [2.24, 2.45) is 0 Å². The van der Waals surface area contributed by atoms with Crippen LogP contribution < -0.4 is 4.84 Å². The molecule has 5 heteroatoms. The third-order valence-corrected chi connectivity index (χ3v) is 3.39. The van der Waals surface area contributed by atoms with Crippen LogP contribution in [0.15, 0.2) is 42.7 Å². The molecule has 18 heavy (non-hydrogen) atoms. The number of hydrogen-bond acceptors (Lipinski definition) is 3. The van der Waals surface area contributed by atoms with Crippen molar-refractivity contribution in [3.8, 4) is 0 Å². The van der Waals surface area contributed by atoms with Crippen molar-refractivity contribution in [2.45, 2.75) is 31.8 Å². The molecular weight excluding hydrogens is 248 g/mol. The van der Waals surface area contributed by atoms with E-state index in [1.54, 1.807) is 0 Å². The van der Waals surface area contributed by atoms with Crippen LogP contribution in [0.25, 0.3) is 0 Å². The van der Waals surface area contributed by atoms with Crippen molar-refractivity contribution in [2.75, 3.05) is 0 Å². The van der Waals surface area contributed by atoms with Crippen LogP contribution in [-0.4, -0.2) is 18.7 Å². The summed E-state index contributed by atoms with van der Waals surface area (Å²) in [5.74, 6) is 0.519. The topological polar surface area (TPSA) is 30.5 Å². The van der Waals surface area contributed by atoms with Gasteiger partial charge in [-0.15, -0.1) is 0 Å². The van der Waals surface area contributed by atoms with E-state index in [0.29, 0.717) is 5.76 Å². The summed E-state index contributed by atoms with van der Waals surface area (Å²) in [6.07, 6.45) is 0.734. The van der Waals surface area contributed by atoms with Crippen LogP contribution in [0.4, 0.5) is 0 Å².